The van der Waals surface area contributed by atoms with Crippen LogP contribution in [0.5, 0.6) is 11.5 Å². The molecule has 4 rings (SSSR count). The van der Waals surface area contributed by atoms with E-state index < -0.39 is 0 Å². The number of rotatable bonds is 2. The van der Waals surface area contributed by atoms with Crippen LogP contribution in [0, 0.1) is 11.3 Å². The fraction of sp³-hybridized carbons (Fsp3) is 0.294. The SMILES string of the molecule is N#Cc1c(/N=C/c2cc3c(cc2Br)OCO3)sc2c1CCCC2. The second-order valence-corrected chi connectivity index (χ2v) is 7.43. The average molecular weight is 389 g/mol. The molecule has 1 aliphatic carbocycles. The maximum Gasteiger partial charge on any atom is 0.231 e. The Kier molecular flexibility index (Phi) is 3.83. The van der Waals surface area contributed by atoms with Crippen molar-refractivity contribution in [1.29, 1.82) is 5.26 Å². The first-order valence-corrected chi connectivity index (χ1v) is 9.05. The van der Waals surface area contributed by atoms with Crippen molar-refractivity contribution in [2.75, 3.05) is 6.79 Å². The lowest BCUT2D eigenvalue weighted by molar-refractivity contribution is 0.174. The number of aliphatic imine (C=N–C) groups is 1. The summed E-state index contributed by atoms with van der Waals surface area (Å²) < 4.78 is 11.6. The summed E-state index contributed by atoms with van der Waals surface area (Å²) in [6.45, 7) is 0.249. The molecular formula is C17H13BrN2O2S. The van der Waals surface area contributed by atoms with E-state index in [1.54, 1.807) is 17.6 Å². The Balaban J connectivity index is 1.70. The van der Waals surface area contributed by atoms with Gasteiger partial charge in [0.15, 0.2) is 11.5 Å². The van der Waals surface area contributed by atoms with E-state index in [0.29, 0.717) is 0 Å². The number of aryl methyl sites for hydroxylation is 1. The minimum absolute atomic E-state index is 0.249. The van der Waals surface area contributed by atoms with Gasteiger partial charge in [0, 0.05) is 21.1 Å². The number of hydrogen-bond donors (Lipinski definition) is 0. The van der Waals surface area contributed by atoms with Gasteiger partial charge in [-0.05, 0) is 59.3 Å². The summed E-state index contributed by atoms with van der Waals surface area (Å²) in [6, 6.07) is 6.12. The zero-order valence-corrected chi connectivity index (χ0v) is 14.7. The summed E-state index contributed by atoms with van der Waals surface area (Å²) in [7, 11) is 0. The molecule has 0 atom stereocenters. The first-order valence-electron chi connectivity index (χ1n) is 7.44. The van der Waals surface area contributed by atoms with E-state index in [2.05, 4.69) is 27.0 Å². The van der Waals surface area contributed by atoms with Gasteiger partial charge in [-0.15, -0.1) is 11.3 Å². The van der Waals surface area contributed by atoms with Crippen LogP contribution in [0.25, 0.3) is 0 Å². The maximum atomic E-state index is 9.48. The number of thiophene rings is 1. The van der Waals surface area contributed by atoms with Crippen LogP contribution < -0.4 is 9.47 Å². The number of nitriles is 1. The van der Waals surface area contributed by atoms with E-state index in [-0.39, 0.29) is 6.79 Å². The molecule has 2 heterocycles. The molecule has 0 N–H and O–H groups in total. The first-order chi connectivity index (χ1) is 11.3. The van der Waals surface area contributed by atoms with Gasteiger partial charge in [-0.25, -0.2) is 4.99 Å². The molecule has 1 aromatic heterocycles. The highest BCUT2D eigenvalue weighted by Gasteiger charge is 2.20. The Morgan fingerprint density at radius 3 is 2.83 bits per heavy atom. The smallest absolute Gasteiger partial charge is 0.231 e. The highest BCUT2D eigenvalue weighted by molar-refractivity contribution is 9.10. The number of fused-ring (bicyclic) bond motifs is 2. The summed E-state index contributed by atoms with van der Waals surface area (Å²) in [5, 5.41) is 10.3. The third kappa shape index (κ3) is 2.64. The van der Waals surface area contributed by atoms with Crippen molar-refractivity contribution in [3.05, 3.63) is 38.2 Å². The van der Waals surface area contributed by atoms with Crippen molar-refractivity contribution in [2.24, 2.45) is 4.99 Å². The summed E-state index contributed by atoms with van der Waals surface area (Å²) >= 11 is 5.17. The standard InChI is InChI=1S/C17H13BrN2O2S/c18-13-6-15-14(21-9-22-15)5-10(13)8-20-17-12(7-19)11-3-1-2-4-16(11)23-17/h5-6,8H,1-4,9H2/b20-8+. The third-order valence-electron chi connectivity index (χ3n) is 4.08. The largest absolute Gasteiger partial charge is 0.454 e. The molecule has 0 saturated heterocycles. The molecule has 6 heteroatoms. The molecule has 1 aliphatic heterocycles. The number of nitrogens with zero attached hydrogens (tertiary/aromatic N) is 2. The number of hydrogen-bond acceptors (Lipinski definition) is 5. The van der Waals surface area contributed by atoms with Crippen LogP contribution in [0.4, 0.5) is 5.00 Å². The van der Waals surface area contributed by atoms with E-state index in [1.807, 2.05) is 12.1 Å². The summed E-state index contributed by atoms with van der Waals surface area (Å²) in [4.78, 5) is 5.91. The summed E-state index contributed by atoms with van der Waals surface area (Å²) in [5.74, 6) is 1.46. The molecule has 0 unspecified atom stereocenters. The molecule has 2 aromatic rings. The molecule has 0 bridgehead atoms. The van der Waals surface area contributed by atoms with Crippen molar-refractivity contribution in [3.63, 3.8) is 0 Å². The predicted molar refractivity (Wildman–Crippen MR) is 93.2 cm³/mol. The fourth-order valence-corrected chi connectivity index (χ4v) is 4.53. The van der Waals surface area contributed by atoms with Gasteiger partial charge in [0.25, 0.3) is 0 Å². The minimum Gasteiger partial charge on any atom is -0.454 e. The molecule has 0 saturated carbocycles. The Labute approximate surface area is 146 Å². The van der Waals surface area contributed by atoms with Crippen LogP contribution in [0.1, 0.15) is 34.4 Å². The second kappa shape index (κ2) is 5.99. The minimum atomic E-state index is 0.249. The molecule has 0 amide bonds. The van der Waals surface area contributed by atoms with Crippen molar-refractivity contribution < 1.29 is 9.47 Å². The molecule has 2 aliphatic rings. The Morgan fingerprint density at radius 1 is 1.22 bits per heavy atom. The Hall–Kier alpha value is -1.84. The molecule has 23 heavy (non-hydrogen) atoms. The highest BCUT2D eigenvalue weighted by atomic mass is 79.9. The van der Waals surface area contributed by atoms with Gasteiger partial charge >= 0.3 is 0 Å². The molecule has 4 nitrogen and oxygen atoms in total. The Morgan fingerprint density at radius 2 is 2.00 bits per heavy atom. The van der Waals surface area contributed by atoms with Crippen molar-refractivity contribution in [2.45, 2.75) is 25.7 Å². The van der Waals surface area contributed by atoms with Crippen LogP contribution in [0.15, 0.2) is 21.6 Å². The van der Waals surface area contributed by atoms with E-state index in [4.69, 9.17) is 9.47 Å². The lowest BCUT2D eigenvalue weighted by Crippen LogP contribution is -1.99. The predicted octanol–water partition coefficient (Wildman–Crippen LogP) is 4.74. The van der Waals surface area contributed by atoms with Gasteiger partial charge < -0.3 is 9.47 Å². The number of halogens is 1. The average Bonchev–Trinajstić information content (AvgIpc) is 3.15. The van der Waals surface area contributed by atoms with Gasteiger partial charge in [0.1, 0.15) is 11.1 Å². The van der Waals surface area contributed by atoms with Crippen molar-refractivity contribution in [3.8, 4) is 17.6 Å². The monoisotopic (exact) mass is 388 g/mol. The van der Waals surface area contributed by atoms with Gasteiger partial charge in [-0.1, -0.05) is 0 Å². The van der Waals surface area contributed by atoms with E-state index in [9.17, 15) is 5.26 Å². The normalized spacial score (nSPS) is 15.7. The zero-order chi connectivity index (χ0) is 15.8. The zero-order valence-electron chi connectivity index (χ0n) is 12.3. The summed E-state index contributed by atoms with van der Waals surface area (Å²) in [5.41, 5.74) is 2.86. The maximum absolute atomic E-state index is 9.48. The molecule has 0 radical (unpaired) electrons. The molecule has 0 fully saturated rings. The summed E-state index contributed by atoms with van der Waals surface area (Å²) in [6.07, 6.45) is 6.21. The van der Waals surface area contributed by atoms with Crippen LogP contribution in [-0.2, 0) is 12.8 Å². The van der Waals surface area contributed by atoms with Crippen LogP contribution in [-0.4, -0.2) is 13.0 Å². The first kappa shape index (κ1) is 14.7. The van der Waals surface area contributed by atoms with E-state index in [0.717, 1.165) is 51.4 Å². The number of ether oxygens (including phenoxy) is 2. The topological polar surface area (TPSA) is 54.6 Å². The number of benzene rings is 1. The molecule has 116 valence electrons. The second-order valence-electron chi connectivity index (χ2n) is 5.49. The van der Waals surface area contributed by atoms with Crippen molar-refractivity contribution in [1.82, 2.24) is 0 Å². The highest BCUT2D eigenvalue weighted by Crippen LogP contribution is 2.40. The lowest BCUT2D eigenvalue weighted by Gasteiger charge is -2.09. The van der Waals surface area contributed by atoms with Crippen molar-refractivity contribution >= 4 is 38.5 Å². The Bertz CT molecular complexity index is 851. The quantitative estimate of drug-likeness (QED) is 0.698. The molecule has 1 aromatic carbocycles. The van der Waals surface area contributed by atoms with Crippen LogP contribution in [0.2, 0.25) is 0 Å². The van der Waals surface area contributed by atoms with Gasteiger partial charge in [0.2, 0.25) is 6.79 Å². The van der Waals surface area contributed by atoms with Gasteiger partial charge in [-0.3, -0.25) is 0 Å². The third-order valence-corrected chi connectivity index (χ3v) is 5.96. The van der Waals surface area contributed by atoms with Gasteiger partial charge in [0.05, 0.1) is 5.56 Å². The van der Waals surface area contributed by atoms with Crippen LogP contribution >= 0.6 is 27.3 Å². The molecular weight excluding hydrogens is 376 g/mol. The molecule has 0 spiro atoms. The lowest BCUT2D eigenvalue weighted by atomic mass is 9.96. The van der Waals surface area contributed by atoms with Gasteiger partial charge in [-0.2, -0.15) is 5.26 Å². The van der Waals surface area contributed by atoms with Crippen LogP contribution in [0.3, 0.4) is 0 Å². The fourth-order valence-electron chi connectivity index (χ4n) is 2.92. The van der Waals surface area contributed by atoms with E-state index >= 15 is 0 Å². The van der Waals surface area contributed by atoms with E-state index in [1.165, 1.54) is 16.9 Å².